The Labute approximate surface area is 186 Å². The zero-order valence-corrected chi connectivity index (χ0v) is 17.8. The average molecular weight is 438 g/mol. The van der Waals surface area contributed by atoms with Crippen LogP contribution in [0, 0.1) is 0 Å². The quantitative estimate of drug-likeness (QED) is 0.588. The standard InChI is InChI=1S/C23H27N5O4/c29-21(26-20(13-22(30)31)17-2-1-6-25-14-17)15-28-9-5-16-3-4-18(12-19(16)23(28)32)27-10-7-24-8-11-27/h1-4,6,12,14,20,24H,5,7-11,13,15H2,(H,26,29)(H,30,31)/t20-/m1/s1. The Morgan fingerprint density at radius 3 is 2.72 bits per heavy atom. The predicted octanol–water partition coefficient (Wildman–Crippen LogP) is 0.822. The van der Waals surface area contributed by atoms with Gasteiger partial charge in [-0.15, -0.1) is 0 Å². The van der Waals surface area contributed by atoms with Gasteiger partial charge in [0.15, 0.2) is 0 Å². The Hall–Kier alpha value is -3.46. The van der Waals surface area contributed by atoms with Gasteiger partial charge in [-0.3, -0.25) is 19.4 Å². The molecule has 3 N–H and O–H groups in total. The molecule has 2 aliphatic rings. The summed E-state index contributed by atoms with van der Waals surface area (Å²) < 4.78 is 0. The highest BCUT2D eigenvalue weighted by molar-refractivity contribution is 5.99. The van der Waals surface area contributed by atoms with Crippen molar-refractivity contribution >= 4 is 23.5 Å². The second-order valence-corrected chi connectivity index (χ2v) is 8.06. The Balaban J connectivity index is 1.44. The van der Waals surface area contributed by atoms with Gasteiger partial charge in [-0.05, 0) is 35.7 Å². The van der Waals surface area contributed by atoms with Crippen LogP contribution in [0.1, 0.15) is 33.9 Å². The molecule has 1 aromatic carbocycles. The molecule has 0 saturated carbocycles. The lowest BCUT2D eigenvalue weighted by Gasteiger charge is -2.32. The van der Waals surface area contributed by atoms with Crippen LogP contribution in [0.4, 0.5) is 5.69 Å². The lowest BCUT2D eigenvalue weighted by Crippen LogP contribution is -2.45. The molecule has 1 saturated heterocycles. The molecule has 2 aliphatic heterocycles. The highest BCUT2D eigenvalue weighted by Crippen LogP contribution is 2.25. The van der Waals surface area contributed by atoms with Crippen LogP contribution in [0.3, 0.4) is 0 Å². The van der Waals surface area contributed by atoms with E-state index in [1.165, 1.54) is 11.1 Å². The van der Waals surface area contributed by atoms with Gasteiger partial charge in [-0.25, -0.2) is 0 Å². The van der Waals surface area contributed by atoms with E-state index in [1.807, 2.05) is 12.1 Å². The number of rotatable bonds is 7. The maximum absolute atomic E-state index is 13.1. The first-order chi connectivity index (χ1) is 15.5. The van der Waals surface area contributed by atoms with Gasteiger partial charge in [0.05, 0.1) is 19.0 Å². The number of piperazine rings is 1. The molecular formula is C23H27N5O4. The van der Waals surface area contributed by atoms with E-state index >= 15 is 0 Å². The van der Waals surface area contributed by atoms with Crippen molar-refractivity contribution < 1.29 is 19.5 Å². The molecule has 0 spiro atoms. The summed E-state index contributed by atoms with van der Waals surface area (Å²) in [7, 11) is 0. The van der Waals surface area contributed by atoms with Gasteiger partial charge in [-0.1, -0.05) is 12.1 Å². The normalized spacial score (nSPS) is 16.9. The number of benzene rings is 1. The smallest absolute Gasteiger partial charge is 0.305 e. The molecule has 3 heterocycles. The van der Waals surface area contributed by atoms with E-state index in [0.29, 0.717) is 24.1 Å². The Kier molecular flexibility index (Phi) is 6.65. The first-order valence-electron chi connectivity index (χ1n) is 10.8. The highest BCUT2D eigenvalue weighted by atomic mass is 16.4. The number of amides is 2. The van der Waals surface area contributed by atoms with Gasteiger partial charge < -0.3 is 25.5 Å². The zero-order chi connectivity index (χ0) is 22.5. The van der Waals surface area contributed by atoms with Crippen LogP contribution in [-0.2, 0) is 16.0 Å². The van der Waals surface area contributed by atoms with Crippen LogP contribution >= 0.6 is 0 Å². The van der Waals surface area contributed by atoms with E-state index in [4.69, 9.17) is 0 Å². The van der Waals surface area contributed by atoms with Gasteiger partial charge in [0, 0.05) is 56.4 Å². The van der Waals surface area contributed by atoms with Crippen LogP contribution in [-0.4, -0.2) is 72.0 Å². The van der Waals surface area contributed by atoms with Crippen LogP contribution in [0.25, 0.3) is 0 Å². The third-order valence-corrected chi connectivity index (χ3v) is 5.88. The number of carboxylic acid groups (broad SMARTS) is 1. The number of carbonyl (C=O) groups is 3. The summed E-state index contributed by atoms with van der Waals surface area (Å²) in [6, 6.07) is 8.70. The van der Waals surface area contributed by atoms with Crippen molar-refractivity contribution in [1.82, 2.24) is 20.5 Å². The SMILES string of the molecule is O=C(O)C[C@@H](NC(=O)CN1CCc2ccc(N3CCNCC3)cc2C1=O)c1cccnc1. The summed E-state index contributed by atoms with van der Waals surface area (Å²) in [6.45, 7) is 3.92. The minimum atomic E-state index is -1.03. The molecule has 2 aromatic rings. The fourth-order valence-corrected chi connectivity index (χ4v) is 4.20. The Bertz CT molecular complexity index is 991. The summed E-state index contributed by atoms with van der Waals surface area (Å²) in [6.07, 6.45) is 3.54. The molecule has 9 nitrogen and oxygen atoms in total. The molecule has 1 atom stereocenters. The molecule has 168 valence electrons. The van der Waals surface area contributed by atoms with Crippen molar-refractivity contribution in [1.29, 1.82) is 0 Å². The minimum absolute atomic E-state index is 0.119. The molecule has 0 radical (unpaired) electrons. The van der Waals surface area contributed by atoms with Crippen molar-refractivity contribution in [2.24, 2.45) is 0 Å². The number of pyridine rings is 1. The van der Waals surface area contributed by atoms with Crippen molar-refractivity contribution in [2.45, 2.75) is 18.9 Å². The number of anilines is 1. The summed E-state index contributed by atoms with van der Waals surface area (Å²) in [5.41, 5.74) is 3.25. The minimum Gasteiger partial charge on any atom is -0.481 e. The predicted molar refractivity (Wildman–Crippen MR) is 119 cm³/mol. The first-order valence-corrected chi connectivity index (χ1v) is 10.8. The van der Waals surface area contributed by atoms with E-state index in [2.05, 4.69) is 26.6 Å². The van der Waals surface area contributed by atoms with E-state index < -0.39 is 17.9 Å². The molecule has 1 aromatic heterocycles. The number of carboxylic acids is 1. The average Bonchev–Trinajstić information content (AvgIpc) is 2.81. The molecule has 0 aliphatic carbocycles. The third kappa shape index (κ3) is 5.05. The summed E-state index contributed by atoms with van der Waals surface area (Å²) in [4.78, 5) is 44.9. The van der Waals surface area contributed by atoms with Crippen LogP contribution < -0.4 is 15.5 Å². The molecule has 1 fully saturated rings. The van der Waals surface area contributed by atoms with E-state index in [-0.39, 0.29) is 18.9 Å². The van der Waals surface area contributed by atoms with Gasteiger partial charge in [-0.2, -0.15) is 0 Å². The zero-order valence-electron chi connectivity index (χ0n) is 17.8. The topological polar surface area (TPSA) is 115 Å². The molecular weight excluding hydrogens is 410 g/mol. The Morgan fingerprint density at radius 1 is 1.19 bits per heavy atom. The number of carbonyl (C=O) groups excluding carboxylic acids is 2. The van der Waals surface area contributed by atoms with E-state index in [0.717, 1.165) is 37.4 Å². The lowest BCUT2D eigenvalue weighted by molar-refractivity contribution is -0.137. The largest absolute Gasteiger partial charge is 0.481 e. The summed E-state index contributed by atoms with van der Waals surface area (Å²) in [5.74, 6) is -1.59. The van der Waals surface area contributed by atoms with Gasteiger partial charge in [0.2, 0.25) is 5.91 Å². The fourth-order valence-electron chi connectivity index (χ4n) is 4.20. The van der Waals surface area contributed by atoms with Crippen molar-refractivity contribution in [3.63, 3.8) is 0 Å². The second-order valence-electron chi connectivity index (χ2n) is 8.06. The molecule has 0 unspecified atom stereocenters. The van der Waals surface area contributed by atoms with E-state index in [1.54, 1.807) is 18.3 Å². The number of aliphatic carboxylic acids is 1. The maximum Gasteiger partial charge on any atom is 0.305 e. The summed E-state index contributed by atoms with van der Waals surface area (Å²) in [5, 5.41) is 15.3. The number of nitrogens with one attached hydrogen (secondary N) is 2. The fraction of sp³-hybridized carbons (Fsp3) is 0.391. The summed E-state index contributed by atoms with van der Waals surface area (Å²) >= 11 is 0. The number of hydrogen-bond acceptors (Lipinski definition) is 6. The van der Waals surface area contributed by atoms with Crippen LogP contribution in [0.2, 0.25) is 0 Å². The first kappa shape index (κ1) is 21.8. The molecule has 2 amide bonds. The number of fused-ring (bicyclic) bond motifs is 1. The van der Waals surface area contributed by atoms with Gasteiger partial charge in [0.1, 0.15) is 0 Å². The number of nitrogens with zero attached hydrogens (tertiary/aromatic N) is 3. The highest BCUT2D eigenvalue weighted by Gasteiger charge is 2.28. The van der Waals surface area contributed by atoms with E-state index in [9.17, 15) is 19.5 Å². The third-order valence-electron chi connectivity index (χ3n) is 5.88. The maximum atomic E-state index is 13.1. The molecule has 0 bridgehead atoms. The van der Waals surface area contributed by atoms with Crippen molar-refractivity contribution in [2.75, 3.05) is 44.2 Å². The monoisotopic (exact) mass is 437 g/mol. The van der Waals surface area contributed by atoms with Crippen molar-refractivity contribution in [3.8, 4) is 0 Å². The number of aromatic nitrogens is 1. The number of hydrogen-bond donors (Lipinski definition) is 3. The van der Waals surface area contributed by atoms with Crippen LogP contribution in [0.15, 0.2) is 42.7 Å². The van der Waals surface area contributed by atoms with Crippen molar-refractivity contribution in [3.05, 3.63) is 59.4 Å². The van der Waals surface area contributed by atoms with Gasteiger partial charge >= 0.3 is 5.97 Å². The molecule has 32 heavy (non-hydrogen) atoms. The van der Waals surface area contributed by atoms with Crippen LogP contribution in [0.5, 0.6) is 0 Å². The lowest BCUT2D eigenvalue weighted by atomic mass is 9.97. The second kappa shape index (κ2) is 9.78. The molecule has 9 heteroatoms. The Morgan fingerprint density at radius 2 is 2.00 bits per heavy atom. The van der Waals surface area contributed by atoms with Gasteiger partial charge in [0.25, 0.3) is 5.91 Å². The molecule has 4 rings (SSSR count).